The van der Waals surface area contributed by atoms with Gasteiger partial charge < -0.3 is 10.2 Å². The van der Waals surface area contributed by atoms with Crippen molar-refractivity contribution in [1.29, 1.82) is 0 Å². The fourth-order valence-corrected chi connectivity index (χ4v) is 5.17. The van der Waals surface area contributed by atoms with E-state index in [9.17, 15) is 4.79 Å². The average molecular weight is 479 g/mol. The molecule has 36 heavy (non-hydrogen) atoms. The van der Waals surface area contributed by atoms with Gasteiger partial charge in [0.05, 0.1) is 12.2 Å². The number of benzene rings is 3. The zero-order valence-corrected chi connectivity index (χ0v) is 20.3. The van der Waals surface area contributed by atoms with E-state index in [1.54, 1.807) is 0 Å². The van der Waals surface area contributed by atoms with E-state index >= 15 is 0 Å². The summed E-state index contributed by atoms with van der Waals surface area (Å²) in [6.45, 7) is 4.42. The Kier molecular flexibility index (Phi) is 6.22. The first-order valence-corrected chi connectivity index (χ1v) is 12.6. The number of nitrogens with zero attached hydrogens (tertiary/aromatic N) is 5. The highest BCUT2D eigenvalue weighted by atomic mass is 16.2. The fraction of sp³-hybridized carbons (Fsp3) is 0.276. The minimum atomic E-state index is -0.0801. The number of hydrogen-bond donors (Lipinski definition) is 1. The number of fused-ring (bicyclic) bond motifs is 1. The molecular weight excluding hydrogens is 448 g/mol. The molecule has 6 rings (SSSR count). The third kappa shape index (κ3) is 4.88. The molecule has 2 aliphatic heterocycles. The standard InChI is InChI=1S/C29H30N6O/c36-29(34-19-24-8-4-5-9-25(24)20-34)30-26-12-10-23(11-13-26)28-21-35(32-31-28)27-14-16-33(17-15-27)18-22-6-2-1-3-7-22/h1-13,21,27H,14-20H2,(H,30,36). The van der Waals surface area contributed by atoms with E-state index in [1.807, 2.05) is 52.2 Å². The smallest absolute Gasteiger partial charge is 0.316 e. The highest BCUT2D eigenvalue weighted by Gasteiger charge is 2.24. The first kappa shape index (κ1) is 22.5. The summed E-state index contributed by atoms with van der Waals surface area (Å²) in [6.07, 6.45) is 4.19. The molecule has 0 unspecified atom stereocenters. The third-order valence-electron chi connectivity index (χ3n) is 7.25. The minimum Gasteiger partial charge on any atom is -0.316 e. The Bertz CT molecular complexity index is 1300. The number of carbonyl (C=O) groups is 1. The summed E-state index contributed by atoms with van der Waals surface area (Å²) in [7, 11) is 0. The van der Waals surface area contributed by atoms with Crippen LogP contribution in [0.4, 0.5) is 10.5 Å². The molecule has 2 aliphatic rings. The van der Waals surface area contributed by atoms with Crippen molar-refractivity contribution in [1.82, 2.24) is 24.8 Å². The summed E-state index contributed by atoms with van der Waals surface area (Å²) in [5.74, 6) is 0. The Labute approximate surface area is 211 Å². The van der Waals surface area contributed by atoms with Crippen molar-refractivity contribution in [2.75, 3.05) is 18.4 Å². The Hall–Kier alpha value is -3.97. The molecule has 0 bridgehead atoms. The number of carbonyl (C=O) groups excluding carboxylic acids is 1. The first-order chi connectivity index (χ1) is 17.7. The Balaban J connectivity index is 1.03. The number of piperidine rings is 1. The van der Waals surface area contributed by atoms with Crippen LogP contribution in [-0.2, 0) is 19.6 Å². The van der Waals surface area contributed by atoms with E-state index < -0.39 is 0 Å². The van der Waals surface area contributed by atoms with Crippen LogP contribution in [0.5, 0.6) is 0 Å². The number of nitrogens with one attached hydrogen (secondary N) is 1. The third-order valence-corrected chi connectivity index (χ3v) is 7.25. The van der Waals surface area contributed by atoms with Gasteiger partial charge in [0.25, 0.3) is 0 Å². The zero-order valence-electron chi connectivity index (χ0n) is 20.3. The molecule has 4 aromatic rings. The summed E-state index contributed by atoms with van der Waals surface area (Å²) in [5, 5.41) is 11.9. The minimum absolute atomic E-state index is 0.0801. The maximum atomic E-state index is 12.7. The number of aromatic nitrogens is 3. The monoisotopic (exact) mass is 478 g/mol. The van der Waals surface area contributed by atoms with Crippen molar-refractivity contribution < 1.29 is 4.79 Å². The lowest BCUT2D eigenvalue weighted by Gasteiger charge is -2.31. The molecule has 1 aromatic heterocycles. The molecule has 7 nitrogen and oxygen atoms in total. The molecule has 0 aliphatic carbocycles. The van der Waals surface area contributed by atoms with Crippen LogP contribution in [-0.4, -0.2) is 43.9 Å². The highest BCUT2D eigenvalue weighted by Crippen LogP contribution is 2.27. The first-order valence-electron chi connectivity index (χ1n) is 12.6. The molecule has 1 N–H and O–H groups in total. The van der Waals surface area contributed by atoms with Gasteiger partial charge in [-0.3, -0.25) is 4.90 Å². The van der Waals surface area contributed by atoms with E-state index in [4.69, 9.17) is 0 Å². The topological polar surface area (TPSA) is 66.3 Å². The van der Waals surface area contributed by atoms with Crippen LogP contribution in [0.2, 0.25) is 0 Å². The summed E-state index contributed by atoms with van der Waals surface area (Å²) < 4.78 is 2.02. The van der Waals surface area contributed by atoms with Gasteiger partial charge in [0.2, 0.25) is 0 Å². The second kappa shape index (κ2) is 9.95. The lowest BCUT2D eigenvalue weighted by atomic mass is 10.0. The molecule has 0 spiro atoms. The van der Waals surface area contributed by atoms with Gasteiger partial charge in [0.15, 0.2) is 0 Å². The van der Waals surface area contributed by atoms with Crippen molar-refractivity contribution >= 4 is 11.7 Å². The summed E-state index contributed by atoms with van der Waals surface area (Å²) in [4.78, 5) is 17.1. The molecule has 3 heterocycles. The molecule has 0 saturated carbocycles. The average Bonchev–Trinajstić information content (AvgIpc) is 3.58. The van der Waals surface area contributed by atoms with Gasteiger partial charge >= 0.3 is 6.03 Å². The number of hydrogen-bond acceptors (Lipinski definition) is 4. The Morgan fingerprint density at radius 3 is 2.22 bits per heavy atom. The lowest BCUT2D eigenvalue weighted by molar-refractivity contribution is 0.172. The van der Waals surface area contributed by atoms with Gasteiger partial charge in [-0.25, -0.2) is 9.48 Å². The summed E-state index contributed by atoms with van der Waals surface area (Å²) >= 11 is 0. The number of rotatable bonds is 5. The quantitative estimate of drug-likeness (QED) is 0.421. The van der Waals surface area contributed by atoms with Crippen molar-refractivity contribution in [2.24, 2.45) is 0 Å². The van der Waals surface area contributed by atoms with Crippen molar-refractivity contribution in [2.45, 2.75) is 38.5 Å². The van der Waals surface area contributed by atoms with Crippen LogP contribution in [0, 0.1) is 0 Å². The van der Waals surface area contributed by atoms with Crippen LogP contribution in [0.25, 0.3) is 11.3 Å². The Morgan fingerprint density at radius 1 is 0.861 bits per heavy atom. The van der Waals surface area contributed by atoms with Crippen LogP contribution in [0.1, 0.15) is 35.6 Å². The molecule has 7 heteroatoms. The zero-order chi connectivity index (χ0) is 24.3. The largest absolute Gasteiger partial charge is 0.322 e. The summed E-state index contributed by atoms with van der Waals surface area (Å²) in [6, 6.07) is 27.0. The highest BCUT2D eigenvalue weighted by molar-refractivity contribution is 5.90. The van der Waals surface area contributed by atoms with E-state index in [0.29, 0.717) is 19.1 Å². The predicted molar refractivity (Wildman–Crippen MR) is 140 cm³/mol. The van der Waals surface area contributed by atoms with E-state index in [-0.39, 0.29) is 6.03 Å². The molecule has 1 saturated heterocycles. The number of anilines is 1. The second-order valence-electron chi connectivity index (χ2n) is 9.71. The van der Waals surface area contributed by atoms with Gasteiger partial charge in [-0.05, 0) is 41.7 Å². The molecule has 1 fully saturated rings. The van der Waals surface area contributed by atoms with Crippen LogP contribution in [0.15, 0.2) is 85.1 Å². The SMILES string of the molecule is O=C(Nc1ccc(-c2cn(C3CCN(Cc4ccccc4)CC3)nn2)cc1)N1Cc2ccccc2C1. The van der Waals surface area contributed by atoms with Crippen molar-refractivity contribution in [3.05, 3.63) is 102 Å². The van der Waals surface area contributed by atoms with Crippen LogP contribution >= 0.6 is 0 Å². The maximum Gasteiger partial charge on any atom is 0.322 e. The van der Waals surface area contributed by atoms with Gasteiger partial charge in [-0.1, -0.05) is 71.9 Å². The van der Waals surface area contributed by atoms with Crippen molar-refractivity contribution in [3.8, 4) is 11.3 Å². The Morgan fingerprint density at radius 2 is 1.53 bits per heavy atom. The van der Waals surface area contributed by atoms with Gasteiger partial charge in [-0.15, -0.1) is 5.10 Å². The predicted octanol–water partition coefficient (Wildman–Crippen LogP) is 5.33. The van der Waals surface area contributed by atoms with E-state index in [0.717, 1.165) is 49.4 Å². The molecule has 3 aromatic carbocycles. The number of amides is 2. The second-order valence-corrected chi connectivity index (χ2v) is 9.71. The lowest BCUT2D eigenvalue weighted by Crippen LogP contribution is -2.34. The van der Waals surface area contributed by atoms with Crippen molar-refractivity contribution in [3.63, 3.8) is 0 Å². The summed E-state index contributed by atoms with van der Waals surface area (Å²) in [5.41, 5.74) is 6.42. The molecule has 0 radical (unpaired) electrons. The van der Waals surface area contributed by atoms with Gasteiger partial charge in [-0.2, -0.15) is 0 Å². The van der Waals surface area contributed by atoms with Crippen LogP contribution in [0.3, 0.4) is 0 Å². The van der Waals surface area contributed by atoms with E-state index in [1.165, 1.54) is 16.7 Å². The number of likely N-dealkylation sites (tertiary alicyclic amines) is 1. The molecule has 2 amide bonds. The molecular formula is C29H30N6O. The van der Waals surface area contributed by atoms with E-state index in [2.05, 4.69) is 63.0 Å². The fourth-order valence-electron chi connectivity index (χ4n) is 5.17. The molecule has 0 atom stereocenters. The normalized spacial score (nSPS) is 16.2. The number of urea groups is 1. The van der Waals surface area contributed by atoms with Gasteiger partial charge in [0, 0.05) is 44.0 Å². The molecule has 182 valence electrons. The maximum absolute atomic E-state index is 12.7. The van der Waals surface area contributed by atoms with Gasteiger partial charge in [0.1, 0.15) is 5.69 Å². The van der Waals surface area contributed by atoms with Crippen LogP contribution < -0.4 is 5.32 Å².